The molecule has 0 heterocycles. The number of carbonyl (C=O) groups is 1. The molecule has 0 aliphatic carbocycles. The molecule has 0 bridgehead atoms. The molecule has 1 aromatic rings. The lowest BCUT2D eigenvalue weighted by atomic mass is 10.2. The van der Waals surface area contributed by atoms with Gasteiger partial charge in [0.15, 0.2) is 0 Å². The first-order chi connectivity index (χ1) is 8.76. The number of amides is 1. The lowest BCUT2D eigenvalue weighted by Gasteiger charge is -2.08. The van der Waals surface area contributed by atoms with Gasteiger partial charge < -0.3 is 15.4 Å². The van der Waals surface area contributed by atoms with Gasteiger partial charge in [-0.1, -0.05) is 6.92 Å². The number of anilines is 1. The van der Waals surface area contributed by atoms with Crippen molar-refractivity contribution in [1.82, 2.24) is 5.32 Å². The topological polar surface area (TPSA) is 50.4 Å². The van der Waals surface area contributed by atoms with Crippen molar-refractivity contribution in [3.05, 3.63) is 24.3 Å². The smallest absolute Gasteiger partial charge is 0.219 e. The third-order valence-corrected chi connectivity index (χ3v) is 2.52. The van der Waals surface area contributed by atoms with E-state index >= 15 is 0 Å². The quantitative estimate of drug-likeness (QED) is 0.697. The fourth-order valence-electron chi connectivity index (χ4n) is 1.50. The number of benzene rings is 1. The van der Waals surface area contributed by atoms with E-state index in [1.807, 2.05) is 24.3 Å². The normalized spacial score (nSPS) is 9.89. The van der Waals surface area contributed by atoms with Crippen LogP contribution in [-0.2, 0) is 4.79 Å². The molecule has 18 heavy (non-hydrogen) atoms. The van der Waals surface area contributed by atoms with Crippen LogP contribution in [-0.4, -0.2) is 26.1 Å². The van der Waals surface area contributed by atoms with E-state index < -0.39 is 0 Å². The fourth-order valence-corrected chi connectivity index (χ4v) is 1.50. The minimum atomic E-state index is 0.0834. The Morgan fingerprint density at radius 2 is 2.00 bits per heavy atom. The molecule has 4 heteroatoms. The Morgan fingerprint density at radius 1 is 1.28 bits per heavy atom. The maximum atomic E-state index is 11.0. The van der Waals surface area contributed by atoms with Crippen LogP contribution in [0.3, 0.4) is 0 Å². The average Bonchev–Trinajstić information content (AvgIpc) is 2.42. The van der Waals surface area contributed by atoms with Crippen LogP contribution >= 0.6 is 0 Å². The Kier molecular flexibility index (Phi) is 6.69. The van der Waals surface area contributed by atoms with Gasteiger partial charge in [0.25, 0.3) is 0 Å². The van der Waals surface area contributed by atoms with Gasteiger partial charge in [-0.2, -0.15) is 0 Å². The molecule has 0 saturated heterocycles. The molecule has 100 valence electrons. The largest absolute Gasteiger partial charge is 0.494 e. The summed E-state index contributed by atoms with van der Waals surface area (Å²) in [6.07, 6.45) is 2.40. The minimum Gasteiger partial charge on any atom is -0.494 e. The molecule has 0 aliphatic heterocycles. The molecule has 0 saturated carbocycles. The van der Waals surface area contributed by atoms with Crippen molar-refractivity contribution >= 4 is 11.6 Å². The third-order valence-electron chi connectivity index (χ3n) is 2.52. The number of rotatable bonds is 8. The Bertz CT molecular complexity index is 349. The van der Waals surface area contributed by atoms with E-state index in [-0.39, 0.29) is 5.91 Å². The second-order valence-electron chi connectivity index (χ2n) is 4.08. The van der Waals surface area contributed by atoms with Gasteiger partial charge in [-0.15, -0.1) is 0 Å². The van der Waals surface area contributed by atoms with Crippen molar-refractivity contribution in [2.45, 2.75) is 26.2 Å². The van der Waals surface area contributed by atoms with Crippen LogP contribution in [0.4, 0.5) is 5.69 Å². The van der Waals surface area contributed by atoms with Gasteiger partial charge in [-0.3, -0.25) is 4.79 Å². The number of carbonyl (C=O) groups excluding carboxylic acids is 1. The third kappa shape index (κ3) is 5.57. The molecule has 1 aromatic carbocycles. The van der Waals surface area contributed by atoms with Crippen LogP contribution in [0.15, 0.2) is 24.3 Å². The zero-order chi connectivity index (χ0) is 13.2. The Morgan fingerprint density at radius 3 is 2.61 bits per heavy atom. The maximum Gasteiger partial charge on any atom is 0.219 e. The minimum absolute atomic E-state index is 0.0834. The molecule has 0 fully saturated rings. The summed E-state index contributed by atoms with van der Waals surface area (Å²) < 4.78 is 5.50. The molecular weight excluding hydrogens is 228 g/mol. The molecule has 1 amide bonds. The van der Waals surface area contributed by atoms with Gasteiger partial charge in [0, 0.05) is 25.7 Å². The van der Waals surface area contributed by atoms with Crippen LogP contribution in [0.2, 0.25) is 0 Å². The molecule has 4 nitrogen and oxygen atoms in total. The summed E-state index contributed by atoms with van der Waals surface area (Å²) >= 11 is 0. The van der Waals surface area contributed by atoms with Crippen LogP contribution in [0.5, 0.6) is 5.75 Å². The maximum absolute atomic E-state index is 11.0. The van der Waals surface area contributed by atoms with Crippen molar-refractivity contribution in [2.75, 3.05) is 25.5 Å². The summed E-state index contributed by atoms with van der Waals surface area (Å²) in [4.78, 5) is 11.0. The second kappa shape index (κ2) is 8.39. The number of nitrogens with one attached hydrogen (secondary N) is 2. The van der Waals surface area contributed by atoms with Crippen molar-refractivity contribution in [1.29, 1.82) is 0 Å². The first kappa shape index (κ1) is 14.4. The highest BCUT2D eigenvalue weighted by molar-refractivity contribution is 5.75. The van der Waals surface area contributed by atoms with E-state index in [2.05, 4.69) is 17.6 Å². The number of hydrogen-bond donors (Lipinski definition) is 2. The summed E-state index contributed by atoms with van der Waals surface area (Å²) in [6, 6.07) is 7.89. The van der Waals surface area contributed by atoms with E-state index in [1.165, 1.54) is 0 Å². The zero-order valence-electron chi connectivity index (χ0n) is 11.2. The molecule has 0 aromatic heterocycles. The Hall–Kier alpha value is -1.71. The molecular formula is C14H22N2O2. The predicted octanol–water partition coefficient (Wildman–Crippen LogP) is 2.41. The predicted molar refractivity (Wildman–Crippen MR) is 74.0 cm³/mol. The highest BCUT2D eigenvalue weighted by Gasteiger charge is 1.98. The molecule has 2 N–H and O–H groups in total. The Labute approximate surface area is 109 Å². The van der Waals surface area contributed by atoms with Crippen LogP contribution < -0.4 is 15.4 Å². The summed E-state index contributed by atoms with van der Waals surface area (Å²) in [7, 11) is 1.66. The van der Waals surface area contributed by atoms with Crippen LogP contribution in [0, 0.1) is 0 Å². The number of ether oxygens (including phenoxy) is 1. The SMILES string of the molecule is CCCOc1ccc(NCCCC(=O)NC)cc1. The molecule has 0 atom stereocenters. The van der Waals surface area contributed by atoms with Crippen molar-refractivity contribution in [3.8, 4) is 5.75 Å². The molecule has 1 rings (SSSR count). The van der Waals surface area contributed by atoms with Crippen molar-refractivity contribution < 1.29 is 9.53 Å². The van der Waals surface area contributed by atoms with E-state index in [4.69, 9.17) is 4.74 Å². The zero-order valence-corrected chi connectivity index (χ0v) is 11.2. The van der Waals surface area contributed by atoms with Gasteiger partial charge in [-0.25, -0.2) is 0 Å². The van der Waals surface area contributed by atoms with Gasteiger partial charge >= 0.3 is 0 Å². The van der Waals surface area contributed by atoms with Crippen LogP contribution in [0.25, 0.3) is 0 Å². The van der Waals surface area contributed by atoms with E-state index in [0.717, 1.165) is 37.4 Å². The Balaban J connectivity index is 2.24. The van der Waals surface area contributed by atoms with Gasteiger partial charge in [0.2, 0.25) is 5.91 Å². The fraction of sp³-hybridized carbons (Fsp3) is 0.500. The van der Waals surface area contributed by atoms with Gasteiger partial charge in [0.1, 0.15) is 5.75 Å². The van der Waals surface area contributed by atoms with Crippen molar-refractivity contribution in [3.63, 3.8) is 0 Å². The standard InChI is InChI=1S/C14H22N2O2/c1-3-11-18-13-8-6-12(7-9-13)16-10-4-5-14(17)15-2/h6-9,16H,3-5,10-11H2,1-2H3,(H,15,17). The summed E-state index contributed by atoms with van der Waals surface area (Å²) in [5, 5.41) is 5.88. The highest BCUT2D eigenvalue weighted by atomic mass is 16.5. The van der Waals surface area contributed by atoms with Crippen molar-refractivity contribution in [2.24, 2.45) is 0 Å². The van der Waals surface area contributed by atoms with E-state index in [0.29, 0.717) is 6.42 Å². The average molecular weight is 250 g/mol. The van der Waals surface area contributed by atoms with Gasteiger partial charge in [-0.05, 0) is 37.1 Å². The summed E-state index contributed by atoms with van der Waals surface area (Å²) in [6.45, 7) is 3.63. The van der Waals surface area contributed by atoms with Crippen LogP contribution in [0.1, 0.15) is 26.2 Å². The lowest BCUT2D eigenvalue weighted by Crippen LogP contribution is -2.18. The summed E-state index contributed by atoms with van der Waals surface area (Å²) in [5.41, 5.74) is 1.05. The molecule has 0 aliphatic rings. The molecule has 0 unspecified atom stereocenters. The molecule has 0 radical (unpaired) electrons. The van der Waals surface area contributed by atoms with E-state index in [1.54, 1.807) is 7.05 Å². The lowest BCUT2D eigenvalue weighted by molar-refractivity contribution is -0.120. The monoisotopic (exact) mass is 250 g/mol. The number of hydrogen-bond acceptors (Lipinski definition) is 3. The van der Waals surface area contributed by atoms with Gasteiger partial charge in [0.05, 0.1) is 6.61 Å². The molecule has 0 spiro atoms. The van der Waals surface area contributed by atoms with E-state index in [9.17, 15) is 4.79 Å². The first-order valence-corrected chi connectivity index (χ1v) is 6.43. The first-order valence-electron chi connectivity index (χ1n) is 6.43. The second-order valence-corrected chi connectivity index (χ2v) is 4.08. The highest BCUT2D eigenvalue weighted by Crippen LogP contribution is 2.15. The summed E-state index contributed by atoms with van der Waals surface area (Å²) in [5.74, 6) is 0.980.